The molecule has 0 spiro atoms. The zero-order valence-electron chi connectivity index (χ0n) is 12.6. The molecule has 4 heteroatoms. The second-order valence-electron chi connectivity index (χ2n) is 6.24. The first kappa shape index (κ1) is 14.4. The maximum absolute atomic E-state index is 4.63. The average Bonchev–Trinajstić information content (AvgIpc) is 2.49. The molecule has 110 valence electrons. The lowest BCUT2D eigenvalue weighted by atomic mass is 9.97. The van der Waals surface area contributed by atoms with Gasteiger partial charge in [-0.15, -0.1) is 0 Å². The SMILES string of the molecule is CC1(C)CN=C(NCCc2cccc3cccnc23)SC1. The van der Waals surface area contributed by atoms with Gasteiger partial charge in [0.25, 0.3) is 0 Å². The Kier molecular flexibility index (Phi) is 4.15. The number of aromatic nitrogens is 1. The summed E-state index contributed by atoms with van der Waals surface area (Å²) in [6.45, 7) is 6.35. The number of fused-ring (bicyclic) bond motifs is 1. The van der Waals surface area contributed by atoms with E-state index in [0.717, 1.165) is 35.9 Å². The van der Waals surface area contributed by atoms with Gasteiger partial charge in [0, 0.05) is 30.4 Å². The van der Waals surface area contributed by atoms with Gasteiger partial charge >= 0.3 is 0 Å². The minimum absolute atomic E-state index is 0.329. The van der Waals surface area contributed by atoms with E-state index in [1.165, 1.54) is 10.9 Å². The minimum Gasteiger partial charge on any atom is -0.365 e. The van der Waals surface area contributed by atoms with Gasteiger partial charge in [0.15, 0.2) is 5.17 Å². The highest BCUT2D eigenvalue weighted by Gasteiger charge is 2.23. The average molecular weight is 299 g/mol. The second-order valence-corrected chi connectivity index (χ2v) is 7.21. The van der Waals surface area contributed by atoms with Crippen molar-refractivity contribution in [3.63, 3.8) is 0 Å². The van der Waals surface area contributed by atoms with E-state index < -0.39 is 0 Å². The van der Waals surface area contributed by atoms with Gasteiger partial charge in [0.1, 0.15) is 0 Å². The van der Waals surface area contributed by atoms with Crippen LogP contribution in [0.4, 0.5) is 0 Å². The molecule has 0 aliphatic carbocycles. The van der Waals surface area contributed by atoms with Crippen LogP contribution in [0.5, 0.6) is 0 Å². The van der Waals surface area contributed by atoms with Crippen molar-refractivity contribution in [1.29, 1.82) is 0 Å². The number of hydrogen-bond acceptors (Lipinski definition) is 4. The highest BCUT2D eigenvalue weighted by Crippen LogP contribution is 2.27. The van der Waals surface area contributed by atoms with Gasteiger partial charge in [-0.1, -0.05) is 49.9 Å². The number of para-hydroxylation sites is 1. The van der Waals surface area contributed by atoms with E-state index in [1.54, 1.807) is 0 Å². The van der Waals surface area contributed by atoms with E-state index in [0.29, 0.717) is 5.41 Å². The van der Waals surface area contributed by atoms with Crippen molar-refractivity contribution >= 4 is 27.8 Å². The molecule has 0 bridgehead atoms. The molecule has 0 amide bonds. The minimum atomic E-state index is 0.329. The molecule has 1 aromatic heterocycles. The molecule has 0 unspecified atom stereocenters. The van der Waals surface area contributed by atoms with Gasteiger partial charge in [-0.2, -0.15) is 0 Å². The lowest BCUT2D eigenvalue weighted by molar-refractivity contribution is 0.437. The number of thioether (sulfide) groups is 1. The largest absolute Gasteiger partial charge is 0.365 e. The third kappa shape index (κ3) is 3.56. The van der Waals surface area contributed by atoms with E-state index in [2.05, 4.69) is 53.4 Å². The quantitative estimate of drug-likeness (QED) is 0.942. The van der Waals surface area contributed by atoms with Crippen LogP contribution < -0.4 is 5.32 Å². The summed E-state index contributed by atoms with van der Waals surface area (Å²) in [6.07, 6.45) is 2.83. The van der Waals surface area contributed by atoms with E-state index in [9.17, 15) is 0 Å². The number of aliphatic imine (C=N–C) groups is 1. The lowest BCUT2D eigenvalue weighted by Gasteiger charge is -2.27. The molecule has 0 saturated heterocycles. The van der Waals surface area contributed by atoms with Crippen LogP contribution in [0.25, 0.3) is 10.9 Å². The van der Waals surface area contributed by atoms with Gasteiger partial charge in [0.05, 0.1) is 5.52 Å². The maximum Gasteiger partial charge on any atom is 0.156 e. The fourth-order valence-corrected chi connectivity index (χ4v) is 3.40. The first-order chi connectivity index (χ1) is 10.1. The molecule has 1 aliphatic rings. The summed E-state index contributed by atoms with van der Waals surface area (Å²) in [7, 11) is 0. The number of nitrogens with one attached hydrogen (secondary N) is 1. The Bertz CT molecular complexity index is 659. The first-order valence-electron chi connectivity index (χ1n) is 7.38. The first-order valence-corrected chi connectivity index (χ1v) is 8.36. The Hall–Kier alpha value is -1.55. The van der Waals surface area contributed by atoms with Crippen molar-refractivity contribution in [3.8, 4) is 0 Å². The number of amidine groups is 1. The number of hydrogen-bond donors (Lipinski definition) is 1. The molecule has 2 aromatic rings. The van der Waals surface area contributed by atoms with Crippen molar-refractivity contribution in [2.75, 3.05) is 18.8 Å². The fraction of sp³-hybridized carbons (Fsp3) is 0.412. The van der Waals surface area contributed by atoms with Crippen LogP contribution in [-0.4, -0.2) is 29.0 Å². The molecule has 21 heavy (non-hydrogen) atoms. The Morgan fingerprint density at radius 2 is 2.10 bits per heavy atom. The third-order valence-electron chi connectivity index (χ3n) is 3.64. The molecule has 3 nitrogen and oxygen atoms in total. The van der Waals surface area contributed by atoms with Gasteiger partial charge in [-0.25, -0.2) is 0 Å². The van der Waals surface area contributed by atoms with Crippen molar-refractivity contribution in [1.82, 2.24) is 10.3 Å². The Balaban J connectivity index is 1.62. The molecule has 0 atom stereocenters. The van der Waals surface area contributed by atoms with Crippen LogP contribution in [0.3, 0.4) is 0 Å². The number of rotatable bonds is 3. The normalized spacial score (nSPS) is 17.5. The predicted molar refractivity (Wildman–Crippen MR) is 92.0 cm³/mol. The van der Waals surface area contributed by atoms with Crippen molar-refractivity contribution < 1.29 is 0 Å². The zero-order chi connectivity index (χ0) is 14.7. The summed E-state index contributed by atoms with van der Waals surface area (Å²) in [5, 5.41) is 5.75. The third-order valence-corrected chi connectivity index (χ3v) is 5.11. The predicted octanol–water partition coefficient (Wildman–Crippen LogP) is 3.50. The highest BCUT2D eigenvalue weighted by atomic mass is 32.2. The van der Waals surface area contributed by atoms with Crippen molar-refractivity contribution in [2.45, 2.75) is 20.3 Å². The Morgan fingerprint density at radius 1 is 1.24 bits per heavy atom. The molecule has 2 heterocycles. The van der Waals surface area contributed by atoms with E-state index >= 15 is 0 Å². The molecular formula is C17H21N3S. The summed E-state index contributed by atoms with van der Waals surface area (Å²) < 4.78 is 0. The summed E-state index contributed by atoms with van der Waals surface area (Å²) in [5.41, 5.74) is 2.73. The maximum atomic E-state index is 4.63. The molecule has 0 fully saturated rings. The van der Waals surface area contributed by atoms with Crippen LogP contribution in [0.2, 0.25) is 0 Å². The molecule has 1 aromatic carbocycles. The van der Waals surface area contributed by atoms with Crippen molar-refractivity contribution in [2.24, 2.45) is 10.4 Å². The topological polar surface area (TPSA) is 37.3 Å². The Labute approximate surface area is 130 Å². The highest BCUT2D eigenvalue weighted by molar-refractivity contribution is 8.13. The number of nitrogens with zero attached hydrogens (tertiary/aromatic N) is 2. The molecule has 0 radical (unpaired) electrons. The zero-order valence-corrected chi connectivity index (χ0v) is 13.4. The van der Waals surface area contributed by atoms with Crippen LogP contribution >= 0.6 is 11.8 Å². The van der Waals surface area contributed by atoms with E-state index in [4.69, 9.17) is 0 Å². The molecule has 1 N–H and O–H groups in total. The van der Waals surface area contributed by atoms with E-state index in [-0.39, 0.29) is 0 Å². The van der Waals surface area contributed by atoms with Gasteiger partial charge < -0.3 is 5.32 Å². The van der Waals surface area contributed by atoms with Crippen LogP contribution in [0, 0.1) is 5.41 Å². The molecule has 3 rings (SSSR count). The Morgan fingerprint density at radius 3 is 2.90 bits per heavy atom. The monoisotopic (exact) mass is 299 g/mol. The van der Waals surface area contributed by atoms with Gasteiger partial charge in [0.2, 0.25) is 0 Å². The summed E-state index contributed by atoms with van der Waals surface area (Å²) >= 11 is 1.83. The second kappa shape index (κ2) is 6.06. The summed E-state index contributed by atoms with van der Waals surface area (Å²) in [5.74, 6) is 1.13. The van der Waals surface area contributed by atoms with Gasteiger partial charge in [-0.3, -0.25) is 9.98 Å². The molecule has 0 saturated carbocycles. The summed E-state index contributed by atoms with van der Waals surface area (Å²) in [6, 6.07) is 10.5. The van der Waals surface area contributed by atoms with Crippen LogP contribution in [0.1, 0.15) is 19.4 Å². The van der Waals surface area contributed by atoms with Crippen LogP contribution in [-0.2, 0) is 6.42 Å². The number of pyridine rings is 1. The number of benzene rings is 1. The molecule has 1 aliphatic heterocycles. The van der Waals surface area contributed by atoms with E-state index in [1.807, 2.05) is 24.0 Å². The smallest absolute Gasteiger partial charge is 0.156 e. The fourth-order valence-electron chi connectivity index (χ4n) is 2.42. The van der Waals surface area contributed by atoms with Crippen molar-refractivity contribution in [3.05, 3.63) is 42.1 Å². The summed E-state index contributed by atoms with van der Waals surface area (Å²) in [4.78, 5) is 9.13. The molecular weight excluding hydrogens is 278 g/mol. The lowest BCUT2D eigenvalue weighted by Crippen LogP contribution is -2.32. The standard InChI is InChI=1S/C17H21N3S/c1-17(2)11-20-16(21-12-17)19-10-8-14-6-3-5-13-7-4-9-18-15(13)14/h3-7,9H,8,10-12H2,1-2H3,(H,19,20). The van der Waals surface area contributed by atoms with Crippen LogP contribution in [0.15, 0.2) is 41.5 Å². The van der Waals surface area contributed by atoms with Gasteiger partial charge in [-0.05, 0) is 23.5 Å².